The maximum absolute atomic E-state index is 12.8. The monoisotopic (exact) mass is 285 g/mol. The van der Waals surface area contributed by atoms with E-state index in [1.807, 2.05) is 31.2 Å². The molecule has 2 heterocycles. The van der Waals surface area contributed by atoms with E-state index in [2.05, 4.69) is 4.98 Å². The SMILES string of the molecule is CC1CCC(C(N)=O)CN1C(=O)c1c[nH]c2ccccc12. The van der Waals surface area contributed by atoms with E-state index in [0.29, 0.717) is 12.1 Å². The van der Waals surface area contributed by atoms with Gasteiger partial charge in [-0.1, -0.05) is 18.2 Å². The van der Waals surface area contributed by atoms with E-state index in [0.717, 1.165) is 23.7 Å². The van der Waals surface area contributed by atoms with Crippen molar-refractivity contribution in [2.24, 2.45) is 11.7 Å². The minimum absolute atomic E-state index is 0.0362. The zero-order valence-electron chi connectivity index (χ0n) is 12.0. The first-order valence-electron chi connectivity index (χ1n) is 7.24. The van der Waals surface area contributed by atoms with Gasteiger partial charge in [0, 0.05) is 29.7 Å². The molecule has 1 aromatic heterocycles. The maximum atomic E-state index is 12.8. The van der Waals surface area contributed by atoms with Crippen LogP contribution in [0.25, 0.3) is 10.9 Å². The molecule has 2 aromatic rings. The van der Waals surface area contributed by atoms with Gasteiger partial charge in [0.2, 0.25) is 5.91 Å². The third-order valence-corrected chi connectivity index (χ3v) is 4.36. The second kappa shape index (κ2) is 5.24. The molecule has 2 unspecified atom stereocenters. The zero-order chi connectivity index (χ0) is 15.0. The molecule has 0 spiro atoms. The van der Waals surface area contributed by atoms with Gasteiger partial charge in [0.25, 0.3) is 5.91 Å². The zero-order valence-corrected chi connectivity index (χ0v) is 12.0. The number of H-pyrrole nitrogens is 1. The van der Waals surface area contributed by atoms with E-state index < -0.39 is 0 Å². The lowest BCUT2D eigenvalue weighted by atomic mass is 9.92. The molecule has 1 aliphatic heterocycles. The van der Waals surface area contributed by atoms with Crippen LogP contribution in [0, 0.1) is 5.92 Å². The smallest absolute Gasteiger partial charge is 0.256 e. The van der Waals surface area contributed by atoms with Crippen LogP contribution in [-0.2, 0) is 4.79 Å². The molecule has 0 bridgehead atoms. The first kappa shape index (κ1) is 13.7. The first-order valence-corrected chi connectivity index (χ1v) is 7.24. The van der Waals surface area contributed by atoms with E-state index >= 15 is 0 Å². The average Bonchev–Trinajstić information content (AvgIpc) is 2.90. The molecule has 1 saturated heterocycles. The van der Waals surface area contributed by atoms with E-state index in [4.69, 9.17) is 5.73 Å². The van der Waals surface area contributed by atoms with Crippen molar-refractivity contribution in [3.8, 4) is 0 Å². The number of para-hydroxylation sites is 1. The largest absolute Gasteiger partial charge is 0.369 e. The summed E-state index contributed by atoms with van der Waals surface area (Å²) in [5.74, 6) is -0.597. The molecule has 3 N–H and O–H groups in total. The number of nitrogens with one attached hydrogen (secondary N) is 1. The Hall–Kier alpha value is -2.30. The Morgan fingerprint density at radius 2 is 2.05 bits per heavy atom. The Bertz CT molecular complexity index is 692. The summed E-state index contributed by atoms with van der Waals surface area (Å²) in [5.41, 5.74) is 7.00. The molecule has 5 heteroatoms. The van der Waals surface area contributed by atoms with Gasteiger partial charge in [-0.05, 0) is 25.8 Å². The van der Waals surface area contributed by atoms with Crippen LogP contribution in [0.1, 0.15) is 30.1 Å². The molecular formula is C16H19N3O2. The maximum Gasteiger partial charge on any atom is 0.256 e. The van der Waals surface area contributed by atoms with Crippen LogP contribution < -0.4 is 5.73 Å². The molecule has 1 fully saturated rings. The third-order valence-electron chi connectivity index (χ3n) is 4.36. The predicted molar refractivity (Wildman–Crippen MR) is 80.7 cm³/mol. The Kier molecular flexibility index (Phi) is 3.41. The number of piperidine rings is 1. The number of rotatable bonds is 2. The minimum atomic E-state index is -0.321. The van der Waals surface area contributed by atoms with Crippen molar-refractivity contribution in [2.75, 3.05) is 6.54 Å². The molecule has 2 atom stereocenters. The highest BCUT2D eigenvalue weighted by Crippen LogP contribution is 2.26. The lowest BCUT2D eigenvalue weighted by Crippen LogP contribution is -2.48. The number of carbonyl (C=O) groups excluding carboxylic acids is 2. The van der Waals surface area contributed by atoms with Gasteiger partial charge in [-0.3, -0.25) is 9.59 Å². The van der Waals surface area contributed by atoms with Crippen molar-refractivity contribution in [1.82, 2.24) is 9.88 Å². The summed E-state index contributed by atoms with van der Waals surface area (Å²) < 4.78 is 0. The molecule has 5 nitrogen and oxygen atoms in total. The quantitative estimate of drug-likeness (QED) is 0.883. The standard InChI is InChI=1S/C16H19N3O2/c1-10-6-7-11(15(17)20)9-19(10)16(21)13-8-18-14-5-3-2-4-12(13)14/h2-5,8,10-11,18H,6-7,9H2,1H3,(H2,17,20). The fourth-order valence-corrected chi connectivity index (χ4v) is 3.03. The number of nitrogens with zero attached hydrogens (tertiary/aromatic N) is 1. The van der Waals surface area contributed by atoms with Crippen LogP contribution in [0.2, 0.25) is 0 Å². The third kappa shape index (κ3) is 2.39. The summed E-state index contributed by atoms with van der Waals surface area (Å²) in [6.07, 6.45) is 3.31. The first-order chi connectivity index (χ1) is 10.1. The van der Waals surface area contributed by atoms with E-state index in [9.17, 15) is 9.59 Å². The van der Waals surface area contributed by atoms with Crippen LogP contribution in [0.3, 0.4) is 0 Å². The predicted octanol–water partition coefficient (Wildman–Crippen LogP) is 1.89. The number of aromatic nitrogens is 1. The van der Waals surface area contributed by atoms with Gasteiger partial charge in [-0.15, -0.1) is 0 Å². The summed E-state index contributed by atoms with van der Waals surface area (Å²) in [6, 6.07) is 7.84. The summed E-state index contributed by atoms with van der Waals surface area (Å²) in [4.78, 5) is 29.1. The summed E-state index contributed by atoms with van der Waals surface area (Å²) >= 11 is 0. The van der Waals surface area contributed by atoms with Crippen LogP contribution >= 0.6 is 0 Å². The topological polar surface area (TPSA) is 79.2 Å². The highest BCUT2D eigenvalue weighted by atomic mass is 16.2. The number of hydrogen-bond acceptors (Lipinski definition) is 2. The number of benzene rings is 1. The highest BCUT2D eigenvalue weighted by molar-refractivity contribution is 6.06. The number of nitrogens with two attached hydrogens (primary N) is 1. The number of hydrogen-bond donors (Lipinski definition) is 2. The highest BCUT2D eigenvalue weighted by Gasteiger charge is 2.32. The Balaban J connectivity index is 1.91. The van der Waals surface area contributed by atoms with Gasteiger partial charge in [0.05, 0.1) is 11.5 Å². The second-order valence-corrected chi connectivity index (χ2v) is 5.73. The van der Waals surface area contributed by atoms with Crippen molar-refractivity contribution in [3.05, 3.63) is 36.0 Å². The molecule has 3 rings (SSSR count). The van der Waals surface area contributed by atoms with Gasteiger partial charge < -0.3 is 15.6 Å². The van der Waals surface area contributed by atoms with Gasteiger partial charge in [0.15, 0.2) is 0 Å². The van der Waals surface area contributed by atoms with Gasteiger partial charge >= 0.3 is 0 Å². The van der Waals surface area contributed by atoms with E-state index in [1.54, 1.807) is 11.1 Å². The summed E-state index contributed by atoms with van der Waals surface area (Å²) in [7, 11) is 0. The molecule has 1 aromatic carbocycles. The lowest BCUT2D eigenvalue weighted by Gasteiger charge is -2.36. The number of primary amides is 1. The van der Waals surface area contributed by atoms with Crippen molar-refractivity contribution in [3.63, 3.8) is 0 Å². The van der Waals surface area contributed by atoms with Crippen molar-refractivity contribution < 1.29 is 9.59 Å². The fraction of sp³-hybridized carbons (Fsp3) is 0.375. The molecule has 1 aliphatic rings. The van der Waals surface area contributed by atoms with Crippen molar-refractivity contribution >= 4 is 22.7 Å². The molecule has 21 heavy (non-hydrogen) atoms. The summed E-state index contributed by atoms with van der Waals surface area (Å²) in [6.45, 7) is 2.43. The number of likely N-dealkylation sites (tertiary alicyclic amines) is 1. The molecule has 0 saturated carbocycles. The normalized spacial score (nSPS) is 22.4. The van der Waals surface area contributed by atoms with E-state index in [-0.39, 0.29) is 23.8 Å². The molecule has 110 valence electrons. The Morgan fingerprint density at radius 1 is 1.29 bits per heavy atom. The van der Waals surface area contributed by atoms with Crippen LogP contribution in [0.5, 0.6) is 0 Å². The van der Waals surface area contributed by atoms with Crippen LogP contribution in [-0.4, -0.2) is 34.3 Å². The number of amides is 2. The van der Waals surface area contributed by atoms with E-state index in [1.165, 1.54) is 0 Å². The second-order valence-electron chi connectivity index (χ2n) is 5.73. The minimum Gasteiger partial charge on any atom is -0.369 e. The van der Waals surface area contributed by atoms with Crippen LogP contribution in [0.15, 0.2) is 30.5 Å². The fourth-order valence-electron chi connectivity index (χ4n) is 3.03. The molecular weight excluding hydrogens is 266 g/mol. The number of aromatic amines is 1. The van der Waals surface area contributed by atoms with Crippen LogP contribution in [0.4, 0.5) is 0 Å². The van der Waals surface area contributed by atoms with Gasteiger partial charge in [-0.2, -0.15) is 0 Å². The average molecular weight is 285 g/mol. The lowest BCUT2D eigenvalue weighted by molar-refractivity contribution is -0.123. The molecule has 0 radical (unpaired) electrons. The summed E-state index contributed by atoms with van der Waals surface area (Å²) in [5, 5.41) is 0.913. The van der Waals surface area contributed by atoms with Gasteiger partial charge in [-0.25, -0.2) is 0 Å². The van der Waals surface area contributed by atoms with Crippen molar-refractivity contribution in [1.29, 1.82) is 0 Å². The number of fused-ring (bicyclic) bond motifs is 1. The Labute approximate surface area is 123 Å². The molecule has 0 aliphatic carbocycles. The van der Waals surface area contributed by atoms with Crippen molar-refractivity contribution in [2.45, 2.75) is 25.8 Å². The van der Waals surface area contributed by atoms with Gasteiger partial charge in [0.1, 0.15) is 0 Å². The molecule has 2 amide bonds. The Morgan fingerprint density at radius 3 is 2.81 bits per heavy atom. The number of carbonyl (C=O) groups is 2.